The number of benzene rings is 1. The van der Waals surface area contributed by atoms with Gasteiger partial charge in [0.1, 0.15) is 17.2 Å². The lowest BCUT2D eigenvalue weighted by Gasteiger charge is -2.38. The predicted molar refractivity (Wildman–Crippen MR) is 67.8 cm³/mol. The highest BCUT2D eigenvalue weighted by Gasteiger charge is 2.45. The molecule has 3 atom stereocenters. The van der Waals surface area contributed by atoms with Crippen molar-refractivity contribution in [1.82, 2.24) is 0 Å². The van der Waals surface area contributed by atoms with Gasteiger partial charge in [0.05, 0.1) is 0 Å². The molecule has 4 heteroatoms. The molecule has 2 heterocycles. The van der Waals surface area contributed by atoms with Crippen LogP contribution in [0.2, 0.25) is 0 Å². The second-order valence-electron chi connectivity index (χ2n) is 5.10. The molecular formula is C13H16FNOS. The molecule has 17 heavy (non-hydrogen) atoms. The molecule has 92 valence electrons. The SMILES string of the molecule is CC1CC2(CS1)C[C@H](N)c1cc(F)ccc1O2. The highest BCUT2D eigenvalue weighted by atomic mass is 32.2. The Hall–Kier alpha value is -0.740. The van der Waals surface area contributed by atoms with Gasteiger partial charge in [0, 0.05) is 29.0 Å². The van der Waals surface area contributed by atoms with Crippen LogP contribution >= 0.6 is 11.8 Å². The van der Waals surface area contributed by atoms with Crippen LogP contribution in [-0.4, -0.2) is 16.6 Å². The maximum Gasteiger partial charge on any atom is 0.125 e. The van der Waals surface area contributed by atoms with Crippen molar-refractivity contribution >= 4 is 11.8 Å². The summed E-state index contributed by atoms with van der Waals surface area (Å²) in [5.41, 5.74) is 6.83. The van der Waals surface area contributed by atoms with Gasteiger partial charge in [-0.05, 0) is 24.6 Å². The monoisotopic (exact) mass is 253 g/mol. The van der Waals surface area contributed by atoms with Crippen molar-refractivity contribution in [2.75, 3.05) is 5.75 Å². The molecule has 1 saturated heterocycles. The van der Waals surface area contributed by atoms with Crippen molar-refractivity contribution in [2.45, 2.75) is 36.7 Å². The molecule has 2 unspecified atom stereocenters. The summed E-state index contributed by atoms with van der Waals surface area (Å²) in [6.07, 6.45) is 1.82. The summed E-state index contributed by atoms with van der Waals surface area (Å²) < 4.78 is 19.3. The molecule has 0 bridgehead atoms. The lowest BCUT2D eigenvalue weighted by Crippen LogP contribution is -2.43. The van der Waals surface area contributed by atoms with E-state index in [4.69, 9.17) is 10.5 Å². The Morgan fingerprint density at radius 2 is 2.29 bits per heavy atom. The first kappa shape index (κ1) is 11.4. The standard InChI is InChI=1S/C13H16FNOS/c1-8-5-13(7-17-8)6-11(15)10-4-9(14)2-3-12(10)16-13/h2-4,8,11H,5-7,15H2,1H3/t8?,11-,13?/m0/s1. The van der Waals surface area contributed by atoms with Gasteiger partial charge in [-0.2, -0.15) is 11.8 Å². The fourth-order valence-electron chi connectivity index (χ4n) is 2.84. The Kier molecular flexibility index (Phi) is 2.60. The minimum Gasteiger partial charge on any atom is -0.486 e. The van der Waals surface area contributed by atoms with Crippen LogP contribution < -0.4 is 10.5 Å². The molecule has 1 aromatic rings. The third kappa shape index (κ3) is 1.93. The molecule has 0 radical (unpaired) electrons. The number of hydrogen-bond acceptors (Lipinski definition) is 3. The third-order valence-electron chi connectivity index (χ3n) is 3.58. The van der Waals surface area contributed by atoms with Crippen molar-refractivity contribution < 1.29 is 9.13 Å². The summed E-state index contributed by atoms with van der Waals surface area (Å²) in [5, 5.41) is 0.615. The van der Waals surface area contributed by atoms with Gasteiger partial charge in [0.15, 0.2) is 0 Å². The molecule has 0 saturated carbocycles. The average Bonchev–Trinajstić information content (AvgIpc) is 2.61. The fraction of sp³-hybridized carbons (Fsp3) is 0.538. The van der Waals surface area contributed by atoms with Gasteiger partial charge >= 0.3 is 0 Å². The molecule has 2 nitrogen and oxygen atoms in total. The van der Waals surface area contributed by atoms with Crippen LogP contribution in [0.5, 0.6) is 5.75 Å². The molecule has 0 aromatic heterocycles. The van der Waals surface area contributed by atoms with Crippen LogP contribution in [0.4, 0.5) is 4.39 Å². The molecule has 0 aliphatic carbocycles. The van der Waals surface area contributed by atoms with E-state index >= 15 is 0 Å². The molecule has 1 aromatic carbocycles. The summed E-state index contributed by atoms with van der Waals surface area (Å²) in [4.78, 5) is 0. The maximum atomic E-state index is 13.2. The Balaban J connectivity index is 1.96. The van der Waals surface area contributed by atoms with Gasteiger partial charge in [0.25, 0.3) is 0 Å². The summed E-state index contributed by atoms with van der Waals surface area (Å²) in [6, 6.07) is 4.54. The van der Waals surface area contributed by atoms with E-state index in [1.807, 2.05) is 11.8 Å². The Morgan fingerprint density at radius 1 is 1.47 bits per heavy atom. The fourth-order valence-corrected chi connectivity index (χ4v) is 4.14. The average molecular weight is 253 g/mol. The molecule has 1 fully saturated rings. The summed E-state index contributed by atoms with van der Waals surface area (Å²) in [6.45, 7) is 2.22. The summed E-state index contributed by atoms with van der Waals surface area (Å²) in [5.74, 6) is 1.51. The highest BCUT2D eigenvalue weighted by molar-refractivity contribution is 8.00. The summed E-state index contributed by atoms with van der Waals surface area (Å²) in [7, 11) is 0. The van der Waals surface area contributed by atoms with Crippen molar-refractivity contribution in [3.05, 3.63) is 29.6 Å². The first-order valence-corrected chi connectivity index (χ1v) is 6.98. The maximum absolute atomic E-state index is 13.2. The van der Waals surface area contributed by atoms with Gasteiger partial charge in [0.2, 0.25) is 0 Å². The minimum atomic E-state index is -0.243. The lowest BCUT2D eigenvalue weighted by molar-refractivity contribution is 0.0573. The Bertz CT molecular complexity index is 453. The number of thioether (sulfide) groups is 1. The van der Waals surface area contributed by atoms with Gasteiger partial charge in [-0.1, -0.05) is 6.92 Å². The van der Waals surface area contributed by atoms with Crippen molar-refractivity contribution in [3.8, 4) is 5.75 Å². The van der Waals surface area contributed by atoms with Crippen LogP contribution in [0.1, 0.15) is 31.4 Å². The van der Waals surface area contributed by atoms with Gasteiger partial charge in [-0.25, -0.2) is 4.39 Å². The van der Waals surface area contributed by atoms with Crippen LogP contribution in [0.25, 0.3) is 0 Å². The zero-order valence-electron chi connectivity index (χ0n) is 9.78. The lowest BCUT2D eigenvalue weighted by atomic mass is 9.86. The molecular weight excluding hydrogens is 237 g/mol. The van der Waals surface area contributed by atoms with Crippen LogP contribution in [0.3, 0.4) is 0 Å². The normalized spacial score (nSPS) is 35.7. The number of hydrogen-bond donors (Lipinski definition) is 1. The topological polar surface area (TPSA) is 35.2 Å². The zero-order chi connectivity index (χ0) is 12.0. The number of ether oxygens (including phenoxy) is 1. The molecule has 1 spiro atoms. The highest BCUT2D eigenvalue weighted by Crippen LogP contribution is 2.47. The van der Waals surface area contributed by atoms with Crippen LogP contribution in [-0.2, 0) is 0 Å². The van der Waals surface area contributed by atoms with Gasteiger partial charge in [-0.3, -0.25) is 0 Å². The van der Waals surface area contributed by atoms with E-state index in [9.17, 15) is 4.39 Å². The van der Waals surface area contributed by atoms with Crippen molar-refractivity contribution in [3.63, 3.8) is 0 Å². The van der Waals surface area contributed by atoms with E-state index in [2.05, 4.69) is 6.92 Å². The molecule has 2 aliphatic rings. The van der Waals surface area contributed by atoms with Crippen LogP contribution in [0.15, 0.2) is 18.2 Å². The number of nitrogens with two attached hydrogens (primary N) is 1. The molecule has 2 aliphatic heterocycles. The van der Waals surface area contributed by atoms with Crippen molar-refractivity contribution in [2.24, 2.45) is 5.73 Å². The predicted octanol–water partition coefficient (Wildman–Crippen LogP) is 2.87. The van der Waals surface area contributed by atoms with Crippen LogP contribution in [0, 0.1) is 5.82 Å². The molecule has 0 amide bonds. The second-order valence-corrected chi connectivity index (χ2v) is 6.53. The first-order chi connectivity index (χ1) is 8.08. The first-order valence-electron chi connectivity index (χ1n) is 5.94. The van der Waals surface area contributed by atoms with Gasteiger partial charge in [-0.15, -0.1) is 0 Å². The van der Waals surface area contributed by atoms with E-state index in [0.717, 1.165) is 29.9 Å². The van der Waals surface area contributed by atoms with E-state index in [1.54, 1.807) is 6.07 Å². The quantitative estimate of drug-likeness (QED) is 0.772. The summed E-state index contributed by atoms with van der Waals surface area (Å²) >= 11 is 1.93. The molecule has 3 rings (SSSR count). The third-order valence-corrected chi connectivity index (χ3v) is 5.01. The molecule has 2 N–H and O–H groups in total. The van der Waals surface area contributed by atoms with E-state index in [0.29, 0.717) is 5.25 Å². The number of rotatable bonds is 0. The van der Waals surface area contributed by atoms with E-state index in [1.165, 1.54) is 12.1 Å². The number of halogens is 1. The van der Waals surface area contributed by atoms with E-state index in [-0.39, 0.29) is 17.5 Å². The van der Waals surface area contributed by atoms with E-state index < -0.39 is 0 Å². The Morgan fingerprint density at radius 3 is 3.00 bits per heavy atom. The largest absolute Gasteiger partial charge is 0.486 e. The van der Waals surface area contributed by atoms with Crippen molar-refractivity contribution in [1.29, 1.82) is 0 Å². The minimum absolute atomic E-state index is 0.111. The van der Waals surface area contributed by atoms with Gasteiger partial charge < -0.3 is 10.5 Å². The Labute approximate surface area is 105 Å². The number of fused-ring (bicyclic) bond motifs is 1. The second kappa shape index (κ2) is 3.89. The smallest absolute Gasteiger partial charge is 0.125 e. The zero-order valence-corrected chi connectivity index (χ0v) is 10.6.